The molecular weight excluding hydrogens is 330 g/mol. The van der Waals surface area contributed by atoms with E-state index in [9.17, 15) is 0 Å². The van der Waals surface area contributed by atoms with E-state index in [1.165, 1.54) is 12.8 Å². The van der Waals surface area contributed by atoms with Gasteiger partial charge < -0.3 is 14.8 Å². The molecule has 2 heterocycles. The Balaban J connectivity index is 1.97. The number of halogens is 1. The van der Waals surface area contributed by atoms with Gasteiger partial charge in [-0.1, -0.05) is 0 Å². The van der Waals surface area contributed by atoms with Crippen LogP contribution in [0.25, 0.3) is 11.2 Å². The first-order valence-corrected chi connectivity index (χ1v) is 9.03. The lowest BCUT2D eigenvalue weighted by Crippen LogP contribution is -2.14. The smallest absolute Gasteiger partial charge is 0.320 e. The minimum absolute atomic E-state index is 0.210. The number of hydrogen-bond donors (Lipinski definition) is 1. The van der Waals surface area contributed by atoms with E-state index in [1.807, 2.05) is 11.6 Å². The zero-order valence-electron chi connectivity index (χ0n) is 14.2. The zero-order valence-corrected chi connectivity index (χ0v) is 15.0. The Labute approximate surface area is 146 Å². The van der Waals surface area contributed by atoms with Crippen molar-refractivity contribution >= 4 is 28.6 Å². The predicted octanol–water partition coefficient (Wildman–Crippen LogP) is 3.22. The van der Waals surface area contributed by atoms with E-state index in [1.54, 1.807) is 7.11 Å². The minimum atomic E-state index is 0.210. The number of ether oxygens (including phenoxy) is 2. The van der Waals surface area contributed by atoms with Gasteiger partial charge in [0.2, 0.25) is 0 Å². The molecule has 1 aliphatic carbocycles. The van der Waals surface area contributed by atoms with Crippen LogP contribution in [0.4, 0.5) is 5.82 Å². The molecule has 2 aromatic rings. The summed E-state index contributed by atoms with van der Waals surface area (Å²) in [7, 11) is 3.43. The molecule has 132 valence electrons. The molecule has 0 saturated heterocycles. The second-order valence-electron chi connectivity index (χ2n) is 5.95. The van der Waals surface area contributed by atoms with Gasteiger partial charge in [0, 0.05) is 19.5 Å². The first-order chi connectivity index (χ1) is 11.8. The number of nitrogens with zero attached hydrogens (tertiary/aromatic N) is 4. The molecule has 8 heteroatoms. The molecule has 0 aromatic carbocycles. The molecule has 0 unspecified atom stereocenters. The summed E-state index contributed by atoms with van der Waals surface area (Å²) in [6, 6.07) is 0.934. The van der Waals surface area contributed by atoms with Gasteiger partial charge in [-0.25, -0.2) is 0 Å². The van der Waals surface area contributed by atoms with Gasteiger partial charge in [0.25, 0.3) is 6.01 Å². The summed E-state index contributed by atoms with van der Waals surface area (Å²) in [4.78, 5) is 13.6. The van der Waals surface area contributed by atoms with Crippen LogP contribution in [0.2, 0.25) is 0 Å². The van der Waals surface area contributed by atoms with Gasteiger partial charge in [-0.3, -0.25) is 4.57 Å². The zero-order chi connectivity index (χ0) is 16.9. The monoisotopic (exact) mass is 353 g/mol. The number of methoxy groups -OCH3 is 1. The van der Waals surface area contributed by atoms with E-state index < -0.39 is 0 Å². The van der Waals surface area contributed by atoms with E-state index in [-0.39, 0.29) is 6.10 Å². The summed E-state index contributed by atoms with van der Waals surface area (Å²) in [5.74, 6) is 1.30. The highest BCUT2D eigenvalue weighted by Crippen LogP contribution is 2.29. The Morgan fingerprint density at radius 3 is 2.67 bits per heavy atom. The maximum atomic E-state index is 5.98. The number of fused-ring (bicyclic) bond motifs is 1. The van der Waals surface area contributed by atoms with Crippen LogP contribution >= 0.6 is 11.6 Å². The molecule has 0 amide bonds. The first-order valence-electron chi connectivity index (χ1n) is 8.49. The summed E-state index contributed by atoms with van der Waals surface area (Å²) in [6.45, 7) is 0.745. The predicted molar refractivity (Wildman–Crippen MR) is 94.3 cm³/mol. The lowest BCUT2D eigenvalue weighted by molar-refractivity contribution is 0.193. The number of unbranched alkanes of at least 4 members (excludes halogenated alkanes) is 1. The third kappa shape index (κ3) is 3.50. The second-order valence-corrected chi connectivity index (χ2v) is 6.33. The molecule has 2 aromatic heterocycles. The van der Waals surface area contributed by atoms with Gasteiger partial charge >= 0.3 is 6.01 Å². The van der Waals surface area contributed by atoms with Crippen molar-refractivity contribution in [2.75, 3.05) is 25.4 Å². The minimum Gasteiger partial charge on any atom is -0.468 e. The van der Waals surface area contributed by atoms with Gasteiger partial charge in [-0.05, 0) is 38.5 Å². The fourth-order valence-corrected chi connectivity index (χ4v) is 3.25. The third-order valence-electron chi connectivity index (χ3n) is 4.30. The Bertz CT molecular complexity index is 685. The Morgan fingerprint density at radius 1 is 1.21 bits per heavy atom. The summed E-state index contributed by atoms with van der Waals surface area (Å²) < 4.78 is 13.4. The average molecular weight is 354 g/mol. The molecule has 0 atom stereocenters. The van der Waals surface area contributed by atoms with Crippen molar-refractivity contribution in [3.63, 3.8) is 0 Å². The van der Waals surface area contributed by atoms with Crippen molar-refractivity contribution < 1.29 is 9.47 Å². The molecule has 1 fully saturated rings. The standard InChI is InChI=1S/C16H24ClN5O2/c1-18-13-12-14(21-15(20-13)24-11-7-3-4-8-11)22(10-6-5-9-17)16(19-12)23-2/h11H,3-10H2,1-2H3,(H,18,20,21). The average Bonchev–Trinajstić information content (AvgIpc) is 3.22. The van der Waals surface area contributed by atoms with Gasteiger partial charge in [0.1, 0.15) is 6.10 Å². The van der Waals surface area contributed by atoms with Gasteiger partial charge in [0.05, 0.1) is 7.11 Å². The van der Waals surface area contributed by atoms with Crippen molar-refractivity contribution in [3.8, 4) is 12.0 Å². The fourth-order valence-electron chi connectivity index (χ4n) is 3.06. The fraction of sp³-hybridized carbons (Fsp3) is 0.688. The lowest BCUT2D eigenvalue weighted by Gasteiger charge is -2.12. The van der Waals surface area contributed by atoms with Gasteiger partial charge in [-0.15, -0.1) is 11.6 Å². The molecule has 1 N–H and O–H groups in total. The topological polar surface area (TPSA) is 74.1 Å². The molecule has 24 heavy (non-hydrogen) atoms. The number of rotatable bonds is 8. The highest BCUT2D eigenvalue weighted by molar-refractivity contribution is 6.17. The Hall–Kier alpha value is -1.76. The van der Waals surface area contributed by atoms with Crippen molar-refractivity contribution in [2.45, 2.75) is 51.2 Å². The van der Waals surface area contributed by atoms with E-state index in [4.69, 9.17) is 21.1 Å². The largest absolute Gasteiger partial charge is 0.468 e. The molecule has 1 saturated carbocycles. The number of aromatic nitrogens is 4. The number of hydrogen-bond acceptors (Lipinski definition) is 6. The molecule has 0 bridgehead atoms. The Kier molecular flexibility index (Phi) is 5.60. The molecule has 7 nitrogen and oxygen atoms in total. The lowest BCUT2D eigenvalue weighted by atomic mass is 10.3. The maximum Gasteiger partial charge on any atom is 0.320 e. The number of nitrogens with one attached hydrogen (secondary N) is 1. The number of alkyl halides is 1. The first kappa shape index (κ1) is 17.1. The van der Waals surface area contributed by atoms with Crippen LogP contribution in [0.15, 0.2) is 0 Å². The molecule has 0 aliphatic heterocycles. The van der Waals surface area contributed by atoms with Crippen molar-refractivity contribution in [1.29, 1.82) is 0 Å². The highest BCUT2D eigenvalue weighted by Gasteiger charge is 2.22. The van der Waals surface area contributed by atoms with E-state index in [0.717, 1.165) is 37.9 Å². The number of anilines is 1. The van der Waals surface area contributed by atoms with Crippen LogP contribution in [0.5, 0.6) is 12.0 Å². The van der Waals surface area contributed by atoms with Crippen LogP contribution in [0.1, 0.15) is 38.5 Å². The molecule has 0 spiro atoms. The second kappa shape index (κ2) is 7.88. The van der Waals surface area contributed by atoms with Crippen LogP contribution in [-0.2, 0) is 6.54 Å². The van der Waals surface area contributed by atoms with E-state index in [0.29, 0.717) is 29.2 Å². The van der Waals surface area contributed by atoms with Crippen molar-refractivity contribution in [3.05, 3.63) is 0 Å². The quantitative estimate of drug-likeness (QED) is 0.580. The van der Waals surface area contributed by atoms with Crippen LogP contribution < -0.4 is 14.8 Å². The molecular formula is C16H24ClN5O2. The summed E-state index contributed by atoms with van der Waals surface area (Å²) in [5, 5.41) is 3.08. The van der Waals surface area contributed by atoms with Crippen molar-refractivity contribution in [1.82, 2.24) is 19.5 Å². The van der Waals surface area contributed by atoms with Crippen molar-refractivity contribution in [2.24, 2.45) is 0 Å². The third-order valence-corrected chi connectivity index (χ3v) is 4.57. The van der Waals surface area contributed by atoms with Gasteiger partial charge in [-0.2, -0.15) is 15.0 Å². The summed E-state index contributed by atoms with van der Waals surface area (Å²) >= 11 is 5.79. The number of imidazole rings is 1. The molecule has 1 aliphatic rings. The van der Waals surface area contributed by atoms with Crippen LogP contribution in [0.3, 0.4) is 0 Å². The normalized spacial score (nSPS) is 15.1. The van der Waals surface area contributed by atoms with E-state index in [2.05, 4.69) is 20.3 Å². The summed E-state index contributed by atoms with van der Waals surface area (Å²) in [6.07, 6.45) is 6.61. The Morgan fingerprint density at radius 2 is 2.00 bits per heavy atom. The van der Waals surface area contributed by atoms with E-state index >= 15 is 0 Å². The maximum absolute atomic E-state index is 5.98. The summed E-state index contributed by atoms with van der Waals surface area (Å²) in [5.41, 5.74) is 1.42. The van der Waals surface area contributed by atoms with Crippen LogP contribution in [-0.4, -0.2) is 45.7 Å². The SMILES string of the molecule is CNc1nc(OC2CCCC2)nc2c1nc(OC)n2CCCCCl. The molecule has 0 radical (unpaired) electrons. The van der Waals surface area contributed by atoms with Gasteiger partial charge in [0.15, 0.2) is 17.0 Å². The number of aryl methyl sites for hydroxylation is 1. The highest BCUT2D eigenvalue weighted by atomic mass is 35.5. The van der Waals surface area contributed by atoms with Crippen LogP contribution in [0, 0.1) is 0 Å². The molecule has 3 rings (SSSR count).